The number of benzene rings is 1. The van der Waals surface area contributed by atoms with Crippen molar-refractivity contribution in [1.29, 1.82) is 0 Å². The van der Waals surface area contributed by atoms with Crippen molar-refractivity contribution in [2.75, 3.05) is 0 Å². The molecule has 0 aliphatic rings. The molecule has 0 atom stereocenters. The Morgan fingerprint density at radius 1 is 1.00 bits per heavy atom. The molecular weight excluding hydrogens is 160 g/mol. The number of rotatable bonds is 3. The van der Waals surface area contributed by atoms with Gasteiger partial charge in [0.25, 0.3) is 0 Å². The molecule has 0 spiro atoms. The van der Waals surface area contributed by atoms with E-state index in [4.69, 9.17) is 11.5 Å². The average Bonchev–Trinajstić information content (AvgIpc) is 2.16. The van der Waals surface area contributed by atoms with E-state index in [2.05, 4.69) is 32.0 Å². The van der Waals surface area contributed by atoms with Crippen LogP contribution in [0.1, 0.15) is 36.7 Å². The molecule has 0 aliphatic heterocycles. The number of hydrogen-bond donors (Lipinski definition) is 2. The van der Waals surface area contributed by atoms with Crippen molar-refractivity contribution in [3.05, 3.63) is 34.9 Å². The molecule has 0 saturated carbocycles. The lowest BCUT2D eigenvalue weighted by atomic mass is 10.0. The Labute approximate surface area is 79.9 Å². The molecule has 1 rings (SSSR count). The van der Waals surface area contributed by atoms with Crippen molar-refractivity contribution in [2.24, 2.45) is 11.5 Å². The summed E-state index contributed by atoms with van der Waals surface area (Å²) in [7, 11) is 0. The molecule has 0 aliphatic carbocycles. The van der Waals surface area contributed by atoms with Crippen LogP contribution in [0.15, 0.2) is 18.2 Å². The fraction of sp³-hybridized carbons (Fsp3) is 0.455. The normalized spacial score (nSPS) is 10.8. The molecular formula is C11H18N2. The summed E-state index contributed by atoms with van der Waals surface area (Å²) in [6, 6.07) is 6.39. The summed E-state index contributed by atoms with van der Waals surface area (Å²) in [6.07, 6.45) is 1.72. The van der Waals surface area contributed by atoms with Crippen LogP contribution in [0.3, 0.4) is 0 Å². The Balaban J connectivity index is 3.07. The minimum atomic E-state index is -0.350. The highest BCUT2D eigenvalue weighted by molar-refractivity contribution is 5.31. The van der Waals surface area contributed by atoms with Gasteiger partial charge in [-0.15, -0.1) is 0 Å². The van der Waals surface area contributed by atoms with Gasteiger partial charge in [0, 0.05) is 0 Å². The molecule has 0 aromatic heterocycles. The fourth-order valence-electron chi connectivity index (χ4n) is 1.39. The Morgan fingerprint density at radius 3 is 1.77 bits per heavy atom. The predicted octanol–water partition coefficient (Wildman–Crippen LogP) is 1.73. The number of nitrogens with two attached hydrogens (primary N) is 2. The summed E-state index contributed by atoms with van der Waals surface area (Å²) in [4.78, 5) is 0. The van der Waals surface area contributed by atoms with Crippen LogP contribution in [0.25, 0.3) is 0 Å². The molecule has 0 fully saturated rings. The molecule has 0 amide bonds. The largest absolute Gasteiger partial charge is 0.312 e. The molecule has 1 aromatic rings. The lowest BCUT2D eigenvalue weighted by Crippen LogP contribution is -2.20. The molecule has 0 saturated heterocycles. The van der Waals surface area contributed by atoms with Crippen LogP contribution in [0.2, 0.25) is 0 Å². The predicted molar refractivity (Wildman–Crippen MR) is 56.3 cm³/mol. The molecule has 0 radical (unpaired) electrons. The maximum atomic E-state index is 5.64. The van der Waals surface area contributed by atoms with Crippen LogP contribution in [0, 0.1) is 0 Å². The molecule has 2 heteroatoms. The van der Waals surface area contributed by atoms with Gasteiger partial charge in [0.1, 0.15) is 0 Å². The smallest absolute Gasteiger partial charge is 0.0784 e. The topological polar surface area (TPSA) is 52.0 Å². The van der Waals surface area contributed by atoms with Crippen molar-refractivity contribution in [3.63, 3.8) is 0 Å². The van der Waals surface area contributed by atoms with Gasteiger partial charge in [-0.25, -0.2) is 0 Å². The van der Waals surface area contributed by atoms with Gasteiger partial charge in [-0.05, 0) is 29.5 Å². The maximum absolute atomic E-state index is 5.64. The summed E-state index contributed by atoms with van der Waals surface area (Å²) in [6.45, 7) is 4.28. The van der Waals surface area contributed by atoms with E-state index in [1.54, 1.807) is 0 Å². The summed E-state index contributed by atoms with van der Waals surface area (Å²) < 4.78 is 0. The SMILES string of the molecule is CCc1cc(CC)cc(C(N)N)c1. The van der Waals surface area contributed by atoms with Gasteiger partial charge >= 0.3 is 0 Å². The molecule has 0 bridgehead atoms. The zero-order valence-corrected chi connectivity index (χ0v) is 8.38. The molecule has 4 N–H and O–H groups in total. The lowest BCUT2D eigenvalue weighted by Gasteiger charge is -2.10. The minimum absolute atomic E-state index is 0.350. The Hall–Kier alpha value is -0.860. The van der Waals surface area contributed by atoms with Crippen molar-refractivity contribution >= 4 is 0 Å². The van der Waals surface area contributed by atoms with E-state index in [1.807, 2.05) is 0 Å². The summed E-state index contributed by atoms with van der Waals surface area (Å²) in [5.41, 5.74) is 14.9. The monoisotopic (exact) mass is 178 g/mol. The van der Waals surface area contributed by atoms with Gasteiger partial charge in [0.05, 0.1) is 6.17 Å². The van der Waals surface area contributed by atoms with E-state index in [-0.39, 0.29) is 6.17 Å². The lowest BCUT2D eigenvalue weighted by molar-refractivity contribution is 0.769. The van der Waals surface area contributed by atoms with Crippen molar-refractivity contribution in [1.82, 2.24) is 0 Å². The summed E-state index contributed by atoms with van der Waals surface area (Å²) in [5.74, 6) is 0. The van der Waals surface area contributed by atoms with Crippen LogP contribution in [0.5, 0.6) is 0 Å². The molecule has 72 valence electrons. The highest BCUT2D eigenvalue weighted by Gasteiger charge is 2.02. The van der Waals surface area contributed by atoms with Crippen LogP contribution >= 0.6 is 0 Å². The third-order valence-electron chi connectivity index (χ3n) is 2.28. The van der Waals surface area contributed by atoms with Crippen LogP contribution < -0.4 is 11.5 Å². The zero-order valence-electron chi connectivity index (χ0n) is 8.38. The van der Waals surface area contributed by atoms with Gasteiger partial charge in [0.2, 0.25) is 0 Å². The Morgan fingerprint density at radius 2 is 1.46 bits per heavy atom. The first-order valence-corrected chi connectivity index (χ1v) is 4.81. The van der Waals surface area contributed by atoms with Gasteiger partial charge in [-0.1, -0.05) is 32.0 Å². The molecule has 1 aromatic carbocycles. The fourth-order valence-corrected chi connectivity index (χ4v) is 1.39. The highest BCUT2D eigenvalue weighted by Crippen LogP contribution is 2.14. The van der Waals surface area contributed by atoms with Gasteiger partial charge < -0.3 is 11.5 Å². The number of aryl methyl sites for hydroxylation is 2. The van der Waals surface area contributed by atoms with Crippen molar-refractivity contribution < 1.29 is 0 Å². The number of hydrogen-bond acceptors (Lipinski definition) is 2. The average molecular weight is 178 g/mol. The first-order chi connectivity index (χ1) is 6.17. The Kier molecular flexibility index (Phi) is 3.46. The molecule has 2 nitrogen and oxygen atoms in total. The van der Waals surface area contributed by atoms with Crippen LogP contribution in [-0.2, 0) is 12.8 Å². The third kappa shape index (κ3) is 2.54. The van der Waals surface area contributed by atoms with Gasteiger partial charge in [0.15, 0.2) is 0 Å². The first kappa shape index (κ1) is 10.2. The summed E-state index contributed by atoms with van der Waals surface area (Å²) >= 11 is 0. The van der Waals surface area contributed by atoms with Crippen molar-refractivity contribution in [2.45, 2.75) is 32.9 Å². The second kappa shape index (κ2) is 4.40. The first-order valence-electron chi connectivity index (χ1n) is 4.81. The van der Waals surface area contributed by atoms with Gasteiger partial charge in [-0.3, -0.25) is 0 Å². The van der Waals surface area contributed by atoms with E-state index >= 15 is 0 Å². The molecule has 13 heavy (non-hydrogen) atoms. The Bertz CT molecular complexity index is 257. The quantitative estimate of drug-likeness (QED) is 0.692. The van der Waals surface area contributed by atoms with E-state index < -0.39 is 0 Å². The summed E-state index contributed by atoms with van der Waals surface area (Å²) in [5, 5.41) is 0. The standard InChI is InChI=1S/C11H18N2/c1-3-8-5-9(4-2)7-10(6-8)11(12)13/h5-7,11H,3-4,12-13H2,1-2H3. The second-order valence-electron chi connectivity index (χ2n) is 3.32. The maximum Gasteiger partial charge on any atom is 0.0784 e. The molecule has 0 heterocycles. The van der Waals surface area contributed by atoms with Crippen molar-refractivity contribution in [3.8, 4) is 0 Å². The van der Waals surface area contributed by atoms with E-state index in [1.165, 1.54) is 11.1 Å². The third-order valence-corrected chi connectivity index (χ3v) is 2.28. The van der Waals surface area contributed by atoms with Crippen LogP contribution in [-0.4, -0.2) is 0 Å². The second-order valence-corrected chi connectivity index (χ2v) is 3.32. The van der Waals surface area contributed by atoms with E-state index in [0.29, 0.717) is 0 Å². The van der Waals surface area contributed by atoms with E-state index in [0.717, 1.165) is 18.4 Å². The van der Waals surface area contributed by atoms with Gasteiger partial charge in [-0.2, -0.15) is 0 Å². The highest BCUT2D eigenvalue weighted by atomic mass is 14.8. The van der Waals surface area contributed by atoms with Crippen LogP contribution in [0.4, 0.5) is 0 Å². The minimum Gasteiger partial charge on any atom is -0.312 e. The zero-order chi connectivity index (χ0) is 9.84. The molecule has 0 unspecified atom stereocenters. The van der Waals surface area contributed by atoms with E-state index in [9.17, 15) is 0 Å².